The van der Waals surface area contributed by atoms with Crippen LogP contribution in [0.5, 0.6) is 0 Å². The largest absolute Gasteiger partial charge is 0.340 e. The van der Waals surface area contributed by atoms with Gasteiger partial charge in [-0.15, -0.1) is 11.3 Å². The van der Waals surface area contributed by atoms with E-state index < -0.39 is 11.1 Å². The van der Waals surface area contributed by atoms with Crippen LogP contribution in [-0.4, -0.2) is 27.8 Å². The van der Waals surface area contributed by atoms with Crippen molar-refractivity contribution in [3.8, 4) is 0 Å². The summed E-state index contributed by atoms with van der Waals surface area (Å²) in [5.41, 5.74) is -1.64. The molecule has 1 aliphatic heterocycles. The molecule has 116 valence electrons. The Labute approximate surface area is 134 Å². The van der Waals surface area contributed by atoms with Crippen LogP contribution in [0.1, 0.15) is 45.4 Å². The molecule has 0 spiro atoms. The Morgan fingerprint density at radius 2 is 1.90 bits per heavy atom. The van der Waals surface area contributed by atoms with Crippen LogP contribution in [-0.2, 0) is 16.1 Å². The predicted molar refractivity (Wildman–Crippen MR) is 85.4 cm³/mol. The highest BCUT2D eigenvalue weighted by Gasteiger charge is 2.52. The number of hydrogen-bond donors (Lipinski definition) is 1. The van der Waals surface area contributed by atoms with Crippen LogP contribution >= 0.6 is 22.9 Å². The molecule has 1 N–H and O–H groups in total. The second-order valence-corrected chi connectivity index (χ2v) is 7.66. The van der Waals surface area contributed by atoms with Crippen LogP contribution in [0.3, 0.4) is 0 Å². The Balaban J connectivity index is 2.39. The van der Waals surface area contributed by atoms with Crippen molar-refractivity contribution in [1.82, 2.24) is 10.2 Å². The van der Waals surface area contributed by atoms with Gasteiger partial charge in [0.05, 0.1) is 10.9 Å². The highest BCUT2D eigenvalue weighted by Crippen LogP contribution is 2.33. The molecule has 4 nitrogen and oxygen atoms in total. The molecule has 2 unspecified atom stereocenters. The van der Waals surface area contributed by atoms with Crippen LogP contribution < -0.4 is 5.32 Å². The first-order valence-corrected chi connectivity index (χ1v) is 8.35. The standard InChI is InChI=1S/C15H21ClN2O2S/c1-5-14(3)13(20)18(9-10-7-8-11(16)21-10)15(4,6-2)12(19)17-14/h7-8H,5-6,9H2,1-4H3,(H,17,19). The van der Waals surface area contributed by atoms with E-state index in [0.29, 0.717) is 23.7 Å². The fraction of sp³-hybridized carbons (Fsp3) is 0.600. The summed E-state index contributed by atoms with van der Waals surface area (Å²) >= 11 is 7.41. The molecule has 21 heavy (non-hydrogen) atoms. The van der Waals surface area contributed by atoms with E-state index in [1.165, 1.54) is 11.3 Å². The zero-order chi connectivity index (χ0) is 15.8. The van der Waals surface area contributed by atoms with E-state index in [1.54, 1.807) is 11.8 Å². The molecular weight excluding hydrogens is 308 g/mol. The molecule has 1 aromatic rings. The van der Waals surface area contributed by atoms with Gasteiger partial charge in [-0.2, -0.15) is 0 Å². The maximum Gasteiger partial charge on any atom is 0.249 e. The predicted octanol–water partition coefficient (Wildman–Crippen LogP) is 3.20. The summed E-state index contributed by atoms with van der Waals surface area (Å²) in [4.78, 5) is 28.1. The van der Waals surface area contributed by atoms with E-state index in [-0.39, 0.29) is 11.8 Å². The number of halogens is 1. The monoisotopic (exact) mass is 328 g/mol. The molecule has 2 amide bonds. The Morgan fingerprint density at radius 1 is 1.24 bits per heavy atom. The maximum absolute atomic E-state index is 12.9. The second kappa shape index (κ2) is 5.61. The Hall–Kier alpha value is -1.07. The van der Waals surface area contributed by atoms with Crippen molar-refractivity contribution in [1.29, 1.82) is 0 Å². The zero-order valence-electron chi connectivity index (χ0n) is 12.8. The van der Waals surface area contributed by atoms with Crippen molar-refractivity contribution in [2.24, 2.45) is 0 Å². The molecule has 0 saturated carbocycles. The molecule has 0 aliphatic carbocycles. The molecule has 1 saturated heterocycles. The topological polar surface area (TPSA) is 49.4 Å². The van der Waals surface area contributed by atoms with Crippen molar-refractivity contribution in [2.75, 3.05) is 0 Å². The number of piperazine rings is 1. The van der Waals surface area contributed by atoms with E-state index in [4.69, 9.17) is 11.6 Å². The van der Waals surface area contributed by atoms with Gasteiger partial charge in [0, 0.05) is 4.88 Å². The molecule has 0 radical (unpaired) electrons. The number of thiophene rings is 1. The summed E-state index contributed by atoms with van der Waals surface area (Å²) in [5, 5.41) is 2.90. The molecule has 1 aliphatic rings. The van der Waals surface area contributed by atoms with Gasteiger partial charge in [-0.25, -0.2) is 0 Å². The summed E-state index contributed by atoms with van der Waals surface area (Å²) in [6, 6.07) is 3.73. The van der Waals surface area contributed by atoms with E-state index in [1.807, 2.05) is 32.9 Å². The summed E-state index contributed by atoms with van der Waals surface area (Å²) in [6.45, 7) is 7.87. The number of rotatable bonds is 4. The number of nitrogens with zero attached hydrogens (tertiary/aromatic N) is 1. The zero-order valence-corrected chi connectivity index (χ0v) is 14.4. The van der Waals surface area contributed by atoms with E-state index in [9.17, 15) is 9.59 Å². The van der Waals surface area contributed by atoms with Crippen molar-refractivity contribution in [3.05, 3.63) is 21.3 Å². The molecule has 0 bridgehead atoms. The van der Waals surface area contributed by atoms with Gasteiger partial charge < -0.3 is 10.2 Å². The first kappa shape index (κ1) is 16.3. The molecule has 0 aromatic carbocycles. The molecule has 1 fully saturated rings. The van der Waals surface area contributed by atoms with Gasteiger partial charge in [0.2, 0.25) is 11.8 Å². The van der Waals surface area contributed by atoms with E-state index >= 15 is 0 Å². The minimum atomic E-state index is -0.827. The third kappa shape index (κ3) is 2.69. The van der Waals surface area contributed by atoms with Crippen molar-refractivity contribution < 1.29 is 9.59 Å². The van der Waals surface area contributed by atoms with Crippen LogP contribution in [0.15, 0.2) is 12.1 Å². The Kier molecular flexibility index (Phi) is 4.36. The van der Waals surface area contributed by atoms with Gasteiger partial charge in [-0.05, 0) is 38.8 Å². The third-order valence-electron chi connectivity index (χ3n) is 4.53. The first-order valence-electron chi connectivity index (χ1n) is 7.15. The normalized spacial score (nSPS) is 29.7. The number of carbonyl (C=O) groups excluding carboxylic acids is 2. The molecule has 2 heterocycles. The van der Waals surface area contributed by atoms with Gasteiger partial charge in [-0.1, -0.05) is 25.4 Å². The maximum atomic E-state index is 12.9. The molecule has 2 atom stereocenters. The van der Waals surface area contributed by atoms with Gasteiger partial charge in [0.1, 0.15) is 11.1 Å². The van der Waals surface area contributed by atoms with Crippen LogP contribution in [0.2, 0.25) is 4.34 Å². The van der Waals surface area contributed by atoms with Crippen LogP contribution in [0, 0.1) is 0 Å². The minimum absolute atomic E-state index is 0.0292. The van der Waals surface area contributed by atoms with Crippen LogP contribution in [0.4, 0.5) is 0 Å². The third-order valence-corrected chi connectivity index (χ3v) is 5.75. The minimum Gasteiger partial charge on any atom is -0.340 e. The number of nitrogens with one attached hydrogen (secondary N) is 1. The lowest BCUT2D eigenvalue weighted by atomic mass is 9.84. The number of hydrogen-bond acceptors (Lipinski definition) is 3. The second-order valence-electron chi connectivity index (χ2n) is 5.86. The fourth-order valence-corrected chi connectivity index (χ4v) is 3.59. The number of carbonyl (C=O) groups is 2. The summed E-state index contributed by atoms with van der Waals surface area (Å²) < 4.78 is 0.690. The lowest BCUT2D eigenvalue weighted by Gasteiger charge is -2.49. The van der Waals surface area contributed by atoms with Crippen molar-refractivity contribution in [2.45, 2.75) is 58.2 Å². The van der Waals surface area contributed by atoms with Crippen molar-refractivity contribution in [3.63, 3.8) is 0 Å². The molecular formula is C15H21ClN2O2S. The Morgan fingerprint density at radius 3 is 2.38 bits per heavy atom. The fourth-order valence-electron chi connectivity index (χ4n) is 2.51. The lowest BCUT2D eigenvalue weighted by Crippen LogP contribution is -2.73. The molecule has 2 rings (SSSR count). The molecule has 6 heteroatoms. The highest BCUT2D eigenvalue weighted by atomic mass is 35.5. The van der Waals surface area contributed by atoms with Crippen molar-refractivity contribution >= 4 is 34.8 Å². The first-order chi connectivity index (χ1) is 9.76. The summed E-state index contributed by atoms with van der Waals surface area (Å²) in [5.74, 6) is -0.116. The van der Waals surface area contributed by atoms with Gasteiger partial charge in [-0.3, -0.25) is 9.59 Å². The lowest BCUT2D eigenvalue weighted by molar-refractivity contribution is -0.162. The quantitative estimate of drug-likeness (QED) is 0.922. The average Bonchev–Trinajstić information content (AvgIpc) is 2.87. The van der Waals surface area contributed by atoms with Crippen LogP contribution in [0.25, 0.3) is 0 Å². The van der Waals surface area contributed by atoms with E-state index in [2.05, 4.69) is 5.32 Å². The van der Waals surface area contributed by atoms with Gasteiger partial charge in [0.15, 0.2) is 0 Å². The summed E-state index contributed by atoms with van der Waals surface area (Å²) in [7, 11) is 0. The SMILES string of the molecule is CCC1(C)NC(=O)C(C)(CC)N(Cc2ccc(Cl)s2)C1=O. The van der Waals surface area contributed by atoms with Gasteiger partial charge in [0.25, 0.3) is 0 Å². The average molecular weight is 329 g/mol. The molecule has 1 aromatic heterocycles. The summed E-state index contributed by atoms with van der Waals surface area (Å²) in [6.07, 6.45) is 1.14. The smallest absolute Gasteiger partial charge is 0.249 e. The highest BCUT2D eigenvalue weighted by molar-refractivity contribution is 7.16. The van der Waals surface area contributed by atoms with Gasteiger partial charge >= 0.3 is 0 Å². The Bertz CT molecular complexity index is 574. The number of amides is 2. The van der Waals surface area contributed by atoms with E-state index in [0.717, 1.165) is 4.88 Å².